The van der Waals surface area contributed by atoms with Crippen LogP contribution in [0.25, 0.3) is 0 Å². The molecule has 1 aliphatic heterocycles. The lowest BCUT2D eigenvalue weighted by Crippen LogP contribution is -2.57. The summed E-state index contributed by atoms with van der Waals surface area (Å²) >= 11 is 0. The van der Waals surface area contributed by atoms with Gasteiger partial charge in [-0.1, -0.05) is 0 Å². The van der Waals surface area contributed by atoms with E-state index in [1.54, 1.807) is 0 Å². The zero-order valence-corrected chi connectivity index (χ0v) is 7.92. The van der Waals surface area contributed by atoms with Crippen LogP contribution in [0.3, 0.4) is 0 Å². The predicted octanol–water partition coefficient (Wildman–Crippen LogP) is 1.20. The molecule has 0 aromatic carbocycles. The van der Waals surface area contributed by atoms with Crippen LogP contribution in [-0.4, -0.2) is 36.4 Å². The van der Waals surface area contributed by atoms with Crippen LogP contribution in [0, 0.1) is 0 Å². The third kappa shape index (κ3) is 1.45. The smallest absolute Gasteiger partial charge is 0.144 e. The minimum absolute atomic E-state index is 0.433. The van der Waals surface area contributed by atoms with E-state index in [-0.39, 0.29) is 0 Å². The molecule has 1 saturated heterocycles. The molecule has 1 aliphatic rings. The standard InChI is InChI=1S/C9H18NO/c1-7-5-9(11)6-8(2)10(7,3)4/h7-8H,5-6H2,1-4H3/q+1. The van der Waals surface area contributed by atoms with Gasteiger partial charge < -0.3 is 4.48 Å². The van der Waals surface area contributed by atoms with Crippen molar-refractivity contribution in [1.29, 1.82) is 0 Å². The van der Waals surface area contributed by atoms with Crippen molar-refractivity contribution in [2.75, 3.05) is 14.1 Å². The average molecular weight is 156 g/mol. The Bertz CT molecular complexity index is 158. The van der Waals surface area contributed by atoms with Crippen LogP contribution < -0.4 is 0 Å². The van der Waals surface area contributed by atoms with Gasteiger partial charge in [-0.25, -0.2) is 0 Å². The number of rotatable bonds is 0. The zero-order chi connectivity index (χ0) is 8.65. The van der Waals surface area contributed by atoms with Gasteiger partial charge in [0.15, 0.2) is 0 Å². The molecular weight excluding hydrogens is 138 g/mol. The molecule has 11 heavy (non-hydrogen) atoms. The molecule has 2 unspecified atom stereocenters. The van der Waals surface area contributed by atoms with Crippen LogP contribution in [0.1, 0.15) is 26.7 Å². The summed E-state index contributed by atoms with van der Waals surface area (Å²) in [5, 5.41) is 0. The third-order valence-electron chi connectivity index (χ3n) is 3.32. The molecule has 1 heterocycles. The van der Waals surface area contributed by atoms with Crippen molar-refractivity contribution in [2.45, 2.75) is 38.8 Å². The fourth-order valence-electron chi connectivity index (χ4n) is 1.65. The number of nitrogens with zero attached hydrogens (tertiary/aromatic N) is 1. The second-order valence-corrected chi connectivity index (χ2v) is 4.27. The number of carbonyl (C=O) groups is 1. The zero-order valence-electron chi connectivity index (χ0n) is 7.92. The fraction of sp³-hybridized carbons (Fsp3) is 0.889. The van der Waals surface area contributed by atoms with Crippen molar-refractivity contribution in [1.82, 2.24) is 0 Å². The van der Waals surface area contributed by atoms with Crippen molar-refractivity contribution in [3.63, 3.8) is 0 Å². The van der Waals surface area contributed by atoms with Gasteiger partial charge in [0.25, 0.3) is 0 Å². The van der Waals surface area contributed by atoms with E-state index in [4.69, 9.17) is 0 Å². The molecule has 0 N–H and O–H groups in total. The van der Waals surface area contributed by atoms with Crippen LogP contribution >= 0.6 is 0 Å². The van der Waals surface area contributed by atoms with Crippen LogP contribution in [0.5, 0.6) is 0 Å². The van der Waals surface area contributed by atoms with Gasteiger partial charge in [0, 0.05) is 0 Å². The Morgan fingerprint density at radius 2 is 1.55 bits per heavy atom. The maximum atomic E-state index is 11.2. The van der Waals surface area contributed by atoms with Gasteiger partial charge in [-0.2, -0.15) is 0 Å². The first-order chi connectivity index (χ1) is 4.94. The molecule has 0 saturated carbocycles. The van der Waals surface area contributed by atoms with E-state index in [1.807, 2.05) is 0 Å². The fourth-order valence-corrected chi connectivity index (χ4v) is 1.65. The third-order valence-corrected chi connectivity index (χ3v) is 3.32. The Labute approximate surface area is 68.8 Å². The lowest BCUT2D eigenvalue weighted by Gasteiger charge is -2.44. The summed E-state index contributed by atoms with van der Waals surface area (Å²) in [6.07, 6.45) is 1.52. The SMILES string of the molecule is CC1CC(=O)CC(C)[N+]1(C)C. The first-order valence-electron chi connectivity index (χ1n) is 4.29. The Kier molecular flexibility index (Phi) is 2.06. The molecule has 2 atom stereocenters. The van der Waals surface area contributed by atoms with Crippen molar-refractivity contribution >= 4 is 5.78 Å². The van der Waals surface area contributed by atoms with Gasteiger partial charge in [-0.05, 0) is 13.8 Å². The predicted molar refractivity (Wildman–Crippen MR) is 45.3 cm³/mol. The largest absolute Gasteiger partial charge is 0.323 e. The molecule has 0 aromatic rings. The molecule has 0 bridgehead atoms. The number of hydrogen-bond acceptors (Lipinski definition) is 1. The second kappa shape index (κ2) is 2.59. The van der Waals surface area contributed by atoms with Gasteiger partial charge in [-0.3, -0.25) is 4.79 Å². The normalized spacial score (nSPS) is 37.3. The van der Waals surface area contributed by atoms with Crippen LogP contribution in [0.15, 0.2) is 0 Å². The molecule has 2 heteroatoms. The number of likely N-dealkylation sites (tertiary alicyclic amines) is 1. The highest BCUT2D eigenvalue weighted by molar-refractivity contribution is 5.79. The summed E-state index contributed by atoms with van der Waals surface area (Å²) < 4.78 is 0.992. The van der Waals surface area contributed by atoms with Crippen molar-refractivity contribution in [3.05, 3.63) is 0 Å². The van der Waals surface area contributed by atoms with Crippen LogP contribution in [0.2, 0.25) is 0 Å². The molecule has 0 aromatic heterocycles. The Balaban J connectivity index is 2.75. The van der Waals surface area contributed by atoms with E-state index < -0.39 is 0 Å². The number of ketones is 1. The molecule has 0 aliphatic carbocycles. The Morgan fingerprint density at radius 1 is 1.18 bits per heavy atom. The molecular formula is C9H18NO+. The number of piperidine rings is 1. The second-order valence-electron chi connectivity index (χ2n) is 4.27. The van der Waals surface area contributed by atoms with Crippen LogP contribution in [-0.2, 0) is 4.79 Å². The first-order valence-corrected chi connectivity index (χ1v) is 4.29. The van der Waals surface area contributed by atoms with E-state index in [1.165, 1.54) is 0 Å². The van der Waals surface area contributed by atoms with Gasteiger partial charge in [0.1, 0.15) is 5.78 Å². The van der Waals surface area contributed by atoms with E-state index in [2.05, 4.69) is 27.9 Å². The lowest BCUT2D eigenvalue weighted by molar-refractivity contribution is -0.936. The number of hydrogen-bond donors (Lipinski definition) is 0. The van der Waals surface area contributed by atoms with E-state index in [0.29, 0.717) is 17.9 Å². The summed E-state index contributed by atoms with van der Waals surface area (Å²) in [6, 6.07) is 0.984. The summed E-state index contributed by atoms with van der Waals surface area (Å²) in [5.41, 5.74) is 0. The topological polar surface area (TPSA) is 17.1 Å². The summed E-state index contributed by atoms with van der Waals surface area (Å²) in [6.45, 7) is 4.32. The molecule has 2 nitrogen and oxygen atoms in total. The molecule has 0 amide bonds. The van der Waals surface area contributed by atoms with Crippen LogP contribution in [0.4, 0.5) is 0 Å². The van der Waals surface area contributed by atoms with Crippen molar-refractivity contribution in [2.24, 2.45) is 0 Å². The average Bonchev–Trinajstić information content (AvgIpc) is 1.84. The Morgan fingerprint density at radius 3 is 1.91 bits per heavy atom. The van der Waals surface area contributed by atoms with Gasteiger partial charge in [-0.15, -0.1) is 0 Å². The number of carbonyl (C=O) groups excluding carboxylic acids is 1. The summed E-state index contributed by atoms with van der Waals surface area (Å²) in [4.78, 5) is 11.2. The van der Waals surface area contributed by atoms with Crippen molar-refractivity contribution in [3.8, 4) is 0 Å². The quantitative estimate of drug-likeness (QED) is 0.482. The van der Waals surface area contributed by atoms with Gasteiger partial charge >= 0.3 is 0 Å². The van der Waals surface area contributed by atoms with Crippen molar-refractivity contribution < 1.29 is 9.28 Å². The monoisotopic (exact) mass is 156 g/mol. The lowest BCUT2D eigenvalue weighted by atomic mass is 9.94. The van der Waals surface area contributed by atoms with E-state index >= 15 is 0 Å². The highest BCUT2D eigenvalue weighted by Gasteiger charge is 2.37. The first kappa shape index (κ1) is 8.72. The molecule has 0 spiro atoms. The maximum absolute atomic E-state index is 11.2. The van der Waals surface area contributed by atoms with Gasteiger partial charge in [0.2, 0.25) is 0 Å². The number of Topliss-reactive ketones (excluding diaryl/α,β-unsaturated/α-hetero) is 1. The maximum Gasteiger partial charge on any atom is 0.144 e. The highest BCUT2D eigenvalue weighted by atomic mass is 16.1. The molecule has 0 radical (unpaired) electrons. The molecule has 64 valence electrons. The van der Waals surface area contributed by atoms with E-state index in [0.717, 1.165) is 17.3 Å². The Hall–Kier alpha value is -0.370. The van der Waals surface area contributed by atoms with Gasteiger partial charge in [0.05, 0.1) is 39.0 Å². The summed E-state index contributed by atoms with van der Waals surface area (Å²) in [5.74, 6) is 0.433. The minimum Gasteiger partial charge on any atom is -0.323 e. The highest BCUT2D eigenvalue weighted by Crippen LogP contribution is 2.24. The number of quaternary nitrogens is 1. The summed E-state index contributed by atoms with van der Waals surface area (Å²) in [7, 11) is 4.42. The molecule has 1 rings (SSSR count). The van der Waals surface area contributed by atoms with E-state index in [9.17, 15) is 4.79 Å². The molecule has 1 fully saturated rings. The minimum atomic E-state index is 0.433.